The number of sulfonamides is 1. The van der Waals surface area contributed by atoms with Gasteiger partial charge in [0.2, 0.25) is 15.9 Å². The van der Waals surface area contributed by atoms with Gasteiger partial charge in [0.05, 0.1) is 22.3 Å². The van der Waals surface area contributed by atoms with Gasteiger partial charge in [-0.1, -0.05) is 32.0 Å². The van der Waals surface area contributed by atoms with E-state index in [-0.39, 0.29) is 16.9 Å². The lowest BCUT2D eigenvalue weighted by Gasteiger charge is -2.18. The molecule has 2 aromatic carbocycles. The summed E-state index contributed by atoms with van der Waals surface area (Å²) in [6.07, 6.45) is -0.0260. The predicted molar refractivity (Wildman–Crippen MR) is 117 cm³/mol. The quantitative estimate of drug-likeness (QED) is 0.539. The average molecular weight is 444 g/mol. The number of para-hydroxylation sites is 2. The second kappa shape index (κ2) is 9.27. The van der Waals surface area contributed by atoms with E-state index in [0.717, 1.165) is 11.0 Å². The molecule has 9 nitrogen and oxygen atoms in total. The molecule has 0 aliphatic rings. The lowest BCUT2D eigenvalue weighted by Crippen LogP contribution is -2.42. The Balaban J connectivity index is 1.66. The van der Waals surface area contributed by atoms with Crippen molar-refractivity contribution in [1.82, 2.24) is 24.7 Å². The summed E-state index contributed by atoms with van der Waals surface area (Å²) < 4.78 is 28.4. The zero-order valence-corrected chi connectivity index (χ0v) is 18.4. The van der Waals surface area contributed by atoms with Crippen molar-refractivity contribution >= 4 is 32.9 Å². The number of imidazole rings is 1. The molecule has 0 unspecified atom stereocenters. The number of fused-ring (bicyclic) bond motifs is 1. The van der Waals surface area contributed by atoms with Crippen molar-refractivity contribution in [3.8, 4) is 0 Å². The maximum atomic E-state index is 12.7. The van der Waals surface area contributed by atoms with Crippen LogP contribution in [-0.2, 0) is 28.3 Å². The fraction of sp³-hybridized carbons (Fsp3) is 0.286. The third-order valence-corrected chi connectivity index (χ3v) is 7.00. The molecule has 0 spiro atoms. The number of carbonyl (C=O) groups is 2. The molecule has 0 saturated heterocycles. The van der Waals surface area contributed by atoms with Crippen LogP contribution in [0.3, 0.4) is 0 Å². The number of aryl methyl sites for hydroxylation is 1. The van der Waals surface area contributed by atoms with Gasteiger partial charge in [0, 0.05) is 25.7 Å². The summed E-state index contributed by atoms with van der Waals surface area (Å²) in [5.41, 5.74) is 6.48. The fourth-order valence-corrected chi connectivity index (χ4v) is 4.75. The summed E-state index contributed by atoms with van der Waals surface area (Å²) in [7, 11) is -1.87. The second-order valence-corrected chi connectivity index (χ2v) is 8.81. The first-order chi connectivity index (χ1) is 14.8. The van der Waals surface area contributed by atoms with Crippen LogP contribution in [0, 0.1) is 0 Å². The number of nitrogens with zero attached hydrogens (tertiary/aromatic N) is 3. The molecule has 1 heterocycles. The SMILES string of the molecule is CCN(CC)S(=O)(=O)c1cccc(C(=O)NNC(=O)Cc2nc3ccccc3n2C)c1. The highest BCUT2D eigenvalue weighted by Crippen LogP contribution is 2.17. The fourth-order valence-electron chi connectivity index (χ4n) is 3.25. The maximum Gasteiger partial charge on any atom is 0.269 e. The first-order valence-electron chi connectivity index (χ1n) is 9.87. The molecular weight excluding hydrogens is 418 g/mol. The van der Waals surface area contributed by atoms with Crippen molar-refractivity contribution in [2.75, 3.05) is 13.1 Å². The van der Waals surface area contributed by atoms with Gasteiger partial charge in [-0.15, -0.1) is 0 Å². The Morgan fingerprint density at radius 2 is 1.74 bits per heavy atom. The highest BCUT2D eigenvalue weighted by molar-refractivity contribution is 7.89. The molecule has 3 aromatic rings. The van der Waals surface area contributed by atoms with Gasteiger partial charge in [0.15, 0.2) is 0 Å². The van der Waals surface area contributed by atoms with E-state index in [0.29, 0.717) is 18.9 Å². The monoisotopic (exact) mass is 443 g/mol. The minimum Gasteiger partial charge on any atom is -0.331 e. The minimum atomic E-state index is -3.69. The molecule has 0 saturated carbocycles. The lowest BCUT2D eigenvalue weighted by atomic mass is 10.2. The van der Waals surface area contributed by atoms with E-state index in [1.807, 2.05) is 35.9 Å². The molecule has 2 amide bonds. The van der Waals surface area contributed by atoms with Gasteiger partial charge in [-0.05, 0) is 30.3 Å². The number of benzene rings is 2. The van der Waals surface area contributed by atoms with Crippen molar-refractivity contribution in [2.24, 2.45) is 7.05 Å². The molecule has 10 heteroatoms. The highest BCUT2D eigenvalue weighted by Gasteiger charge is 2.22. The highest BCUT2D eigenvalue weighted by atomic mass is 32.2. The minimum absolute atomic E-state index is 0.0230. The molecule has 0 fully saturated rings. The Kier molecular flexibility index (Phi) is 6.71. The topological polar surface area (TPSA) is 113 Å². The second-order valence-electron chi connectivity index (χ2n) is 6.87. The van der Waals surface area contributed by atoms with E-state index in [9.17, 15) is 18.0 Å². The molecule has 2 N–H and O–H groups in total. The van der Waals surface area contributed by atoms with E-state index in [1.165, 1.54) is 28.6 Å². The molecule has 0 atom stereocenters. The molecule has 3 rings (SSSR count). The molecule has 31 heavy (non-hydrogen) atoms. The summed E-state index contributed by atoms with van der Waals surface area (Å²) in [5, 5.41) is 0. The van der Waals surface area contributed by atoms with Gasteiger partial charge >= 0.3 is 0 Å². The number of rotatable bonds is 7. The summed E-state index contributed by atoms with van der Waals surface area (Å²) in [4.78, 5) is 29.2. The van der Waals surface area contributed by atoms with Crippen LogP contribution in [0.15, 0.2) is 53.4 Å². The molecule has 0 aliphatic carbocycles. The van der Waals surface area contributed by atoms with Crippen LogP contribution in [0.5, 0.6) is 0 Å². The van der Waals surface area contributed by atoms with Crippen LogP contribution < -0.4 is 10.9 Å². The van der Waals surface area contributed by atoms with E-state index < -0.39 is 21.8 Å². The van der Waals surface area contributed by atoms with Crippen LogP contribution in [-0.4, -0.2) is 47.2 Å². The van der Waals surface area contributed by atoms with Crippen molar-refractivity contribution < 1.29 is 18.0 Å². The zero-order chi connectivity index (χ0) is 22.6. The summed E-state index contributed by atoms with van der Waals surface area (Å²) in [5.74, 6) is -0.506. The summed E-state index contributed by atoms with van der Waals surface area (Å²) >= 11 is 0. The van der Waals surface area contributed by atoms with Gasteiger partial charge in [-0.2, -0.15) is 4.31 Å². The standard InChI is InChI=1S/C21H25N5O4S/c1-4-26(5-2)31(29,30)16-10-8-9-15(13-16)21(28)24-23-20(27)14-19-22-17-11-6-7-12-18(17)25(19)3/h6-13H,4-5,14H2,1-3H3,(H,23,27)(H,24,28). The molecular formula is C21H25N5O4S. The first-order valence-corrected chi connectivity index (χ1v) is 11.3. The number of nitrogens with one attached hydrogen (secondary N) is 2. The van der Waals surface area contributed by atoms with Crippen molar-refractivity contribution in [2.45, 2.75) is 25.2 Å². The number of hydrogen-bond acceptors (Lipinski definition) is 5. The molecule has 0 bridgehead atoms. The van der Waals surface area contributed by atoms with Crippen molar-refractivity contribution in [3.05, 3.63) is 59.9 Å². The smallest absolute Gasteiger partial charge is 0.269 e. The normalized spacial score (nSPS) is 11.6. The Morgan fingerprint density at radius 3 is 2.42 bits per heavy atom. The number of carbonyl (C=O) groups excluding carboxylic acids is 2. The van der Waals surface area contributed by atoms with Gasteiger partial charge in [-0.3, -0.25) is 20.4 Å². The number of hydrogen-bond donors (Lipinski definition) is 2. The largest absolute Gasteiger partial charge is 0.331 e. The lowest BCUT2D eigenvalue weighted by molar-refractivity contribution is -0.121. The summed E-state index contributed by atoms with van der Waals surface area (Å²) in [6, 6.07) is 13.2. The number of amides is 2. The van der Waals surface area contributed by atoms with Crippen molar-refractivity contribution in [1.29, 1.82) is 0 Å². The molecule has 164 valence electrons. The molecule has 0 aliphatic heterocycles. The Bertz CT molecular complexity index is 1220. The van der Waals surface area contributed by atoms with E-state index in [1.54, 1.807) is 13.8 Å². The third-order valence-electron chi connectivity index (χ3n) is 4.95. The van der Waals surface area contributed by atoms with E-state index >= 15 is 0 Å². The third kappa shape index (κ3) is 4.75. The van der Waals surface area contributed by atoms with E-state index in [4.69, 9.17) is 0 Å². The Morgan fingerprint density at radius 1 is 1.03 bits per heavy atom. The maximum absolute atomic E-state index is 12.7. The Labute approximate surface area is 181 Å². The zero-order valence-electron chi connectivity index (χ0n) is 17.6. The van der Waals surface area contributed by atoms with Gasteiger partial charge < -0.3 is 4.57 Å². The van der Waals surface area contributed by atoms with E-state index in [2.05, 4.69) is 15.8 Å². The van der Waals surface area contributed by atoms with Crippen LogP contribution in [0.4, 0.5) is 0 Å². The van der Waals surface area contributed by atoms with Gasteiger partial charge in [0.25, 0.3) is 5.91 Å². The van der Waals surface area contributed by atoms with Gasteiger partial charge in [-0.25, -0.2) is 13.4 Å². The van der Waals surface area contributed by atoms with Crippen LogP contribution in [0.1, 0.15) is 30.0 Å². The molecule has 0 radical (unpaired) electrons. The Hall–Kier alpha value is -3.24. The number of aromatic nitrogens is 2. The van der Waals surface area contributed by atoms with Crippen LogP contribution in [0.25, 0.3) is 11.0 Å². The average Bonchev–Trinajstić information content (AvgIpc) is 3.08. The summed E-state index contributed by atoms with van der Waals surface area (Å²) in [6.45, 7) is 4.15. The van der Waals surface area contributed by atoms with Crippen LogP contribution >= 0.6 is 0 Å². The number of hydrazine groups is 1. The first kappa shape index (κ1) is 22.4. The van der Waals surface area contributed by atoms with Gasteiger partial charge in [0.1, 0.15) is 5.82 Å². The molecule has 1 aromatic heterocycles. The predicted octanol–water partition coefficient (Wildman–Crippen LogP) is 1.61. The van der Waals surface area contributed by atoms with Crippen molar-refractivity contribution in [3.63, 3.8) is 0 Å². The van der Waals surface area contributed by atoms with Crippen LogP contribution in [0.2, 0.25) is 0 Å².